The number of carbonyl (C=O) groups is 1. The number of carbonyl (C=O) groups excluding carboxylic acids is 1. The maximum Gasteiger partial charge on any atom is 0.260 e. The molecule has 130 valence electrons. The molecule has 1 aromatic rings. The summed E-state index contributed by atoms with van der Waals surface area (Å²) >= 11 is 0. The van der Waals surface area contributed by atoms with Crippen LogP contribution in [0.4, 0.5) is 17.6 Å². The predicted octanol–water partition coefficient (Wildman–Crippen LogP) is 3.13. The van der Waals surface area contributed by atoms with Gasteiger partial charge in [-0.15, -0.1) is 12.4 Å². The number of piperidine rings is 1. The fourth-order valence-corrected chi connectivity index (χ4v) is 2.61. The van der Waals surface area contributed by atoms with Crippen molar-refractivity contribution in [2.75, 3.05) is 26.2 Å². The molecule has 2 rings (SSSR count). The Labute approximate surface area is 138 Å². The SMILES string of the molecule is CCNCC1CCN(C(=O)c2c(F)c(F)cc(F)c2F)CC1.Cl. The highest BCUT2D eigenvalue weighted by molar-refractivity contribution is 5.95. The number of hydrogen-bond donors (Lipinski definition) is 1. The molecule has 1 saturated heterocycles. The van der Waals surface area contributed by atoms with Crippen molar-refractivity contribution in [3.63, 3.8) is 0 Å². The molecule has 0 radical (unpaired) electrons. The third-order valence-corrected chi connectivity index (χ3v) is 3.91. The van der Waals surface area contributed by atoms with Crippen LogP contribution in [-0.2, 0) is 0 Å². The van der Waals surface area contributed by atoms with E-state index in [2.05, 4.69) is 5.32 Å². The summed E-state index contributed by atoms with van der Waals surface area (Å²) in [6.07, 6.45) is 1.36. The molecule has 1 aromatic carbocycles. The summed E-state index contributed by atoms with van der Waals surface area (Å²) in [5.74, 6) is -7.04. The normalized spacial score (nSPS) is 15.4. The summed E-state index contributed by atoms with van der Waals surface area (Å²) in [5.41, 5.74) is -1.15. The molecular weight excluding hydrogens is 336 g/mol. The van der Waals surface area contributed by atoms with Crippen molar-refractivity contribution in [2.45, 2.75) is 19.8 Å². The number of halogens is 5. The van der Waals surface area contributed by atoms with Crippen LogP contribution in [0.3, 0.4) is 0 Å². The number of nitrogens with one attached hydrogen (secondary N) is 1. The Hall–Kier alpha value is -1.34. The molecule has 0 unspecified atom stereocenters. The van der Waals surface area contributed by atoms with E-state index < -0.39 is 34.7 Å². The lowest BCUT2D eigenvalue weighted by Gasteiger charge is -2.32. The van der Waals surface area contributed by atoms with E-state index in [0.29, 0.717) is 31.8 Å². The van der Waals surface area contributed by atoms with Gasteiger partial charge < -0.3 is 10.2 Å². The van der Waals surface area contributed by atoms with E-state index in [4.69, 9.17) is 0 Å². The van der Waals surface area contributed by atoms with Gasteiger partial charge in [-0.1, -0.05) is 6.92 Å². The summed E-state index contributed by atoms with van der Waals surface area (Å²) in [6.45, 7) is 4.27. The van der Waals surface area contributed by atoms with Crippen molar-refractivity contribution >= 4 is 18.3 Å². The van der Waals surface area contributed by atoms with Crippen molar-refractivity contribution in [1.29, 1.82) is 0 Å². The molecule has 1 fully saturated rings. The molecule has 1 N–H and O–H groups in total. The minimum absolute atomic E-state index is 0. The van der Waals surface area contributed by atoms with Crippen LogP contribution in [0.25, 0.3) is 0 Å². The Kier molecular flexibility index (Phi) is 7.28. The van der Waals surface area contributed by atoms with E-state index in [1.54, 1.807) is 0 Å². The molecule has 3 nitrogen and oxygen atoms in total. The lowest BCUT2D eigenvalue weighted by atomic mass is 9.96. The molecule has 0 aromatic heterocycles. The van der Waals surface area contributed by atoms with Crippen LogP contribution < -0.4 is 5.32 Å². The highest BCUT2D eigenvalue weighted by Crippen LogP contribution is 2.24. The van der Waals surface area contributed by atoms with Gasteiger partial charge in [0.25, 0.3) is 5.91 Å². The molecule has 1 amide bonds. The van der Waals surface area contributed by atoms with Crippen LogP contribution in [0.5, 0.6) is 0 Å². The molecule has 0 atom stereocenters. The van der Waals surface area contributed by atoms with Gasteiger partial charge >= 0.3 is 0 Å². The zero-order valence-corrected chi connectivity index (χ0v) is 13.5. The molecule has 0 aliphatic carbocycles. The second-order valence-electron chi connectivity index (χ2n) is 5.39. The van der Waals surface area contributed by atoms with Crippen molar-refractivity contribution in [1.82, 2.24) is 10.2 Å². The van der Waals surface area contributed by atoms with Gasteiger partial charge in [0.2, 0.25) is 0 Å². The number of amides is 1. The average molecular weight is 355 g/mol. The minimum Gasteiger partial charge on any atom is -0.338 e. The second kappa shape index (κ2) is 8.49. The van der Waals surface area contributed by atoms with Crippen molar-refractivity contribution < 1.29 is 22.4 Å². The number of likely N-dealkylation sites (tertiary alicyclic amines) is 1. The van der Waals surface area contributed by atoms with Gasteiger partial charge in [0.05, 0.1) is 0 Å². The third-order valence-electron chi connectivity index (χ3n) is 3.91. The lowest BCUT2D eigenvalue weighted by molar-refractivity contribution is 0.0677. The lowest BCUT2D eigenvalue weighted by Crippen LogP contribution is -2.41. The summed E-state index contributed by atoms with van der Waals surface area (Å²) in [7, 11) is 0. The summed E-state index contributed by atoms with van der Waals surface area (Å²) < 4.78 is 53.7. The van der Waals surface area contributed by atoms with E-state index in [9.17, 15) is 22.4 Å². The zero-order chi connectivity index (χ0) is 16.3. The van der Waals surface area contributed by atoms with E-state index in [-0.39, 0.29) is 18.5 Å². The number of benzene rings is 1. The molecule has 0 saturated carbocycles. The van der Waals surface area contributed by atoms with Gasteiger partial charge in [0.1, 0.15) is 5.56 Å². The molecule has 0 bridgehead atoms. The van der Waals surface area contributed by atoms with Crippen LogP contribution in [-0.4, -0.2) is 37.0 Å². The van der Waals surface area contributed by atoms with Crippen molar-refractivity contribution in [2.24, 2.45) is 5.92 Å². The Morgan fingerprint density at radius 2 is 1.70 bits per heavy atom. The first-order valence-corrected chi connectivity index (χ1v) is 7.28. The fraction of sp³-hybridized carbons (Fsp3) is 0.533. The first-order valence-electron chi connectivity index (χ1n) is 7.28. The average Bonchev–Trinajstić information content (AvgIpc) is 2.51. The number of rotatable bonds is 4. The Morgan fingerprint density at radius 3 is 2.17 bits per heavy atom. The molecule has 1 heterocycles. The first-order chi connectivity index (χ1) is 10.5. The molecule has 0 spiro atoms. The van der Waals surface area contributed by atoms with Crippen LogP contribution >= 0.6 is 12.4 Å². The summed E-state index contributed by atoms with van der Waals surface area (Å²) in [5, 5.41) is 3.20. The highest BCUT2D eigenvalue weighted by Gasteiger charge is 2.30. The monoisotopic (exact) mass is 354 g/mol. The second-order valence-corrected chi connectivity index (χ2v) is 5.39. The largest absolute Gasteiger partial charge is 0.338 e. The Balaban J connectivity index is 0.00000264. The van der Waals surface area contributed by atoms with Gasteiger partial charge in [-0.2, -0.15) is 0 Å². The van der Waals surface area contributed by atoms with Crippen LogP contribution in [0, 0.1) is 29.2 Å². The fourth-order valence-electron chi connectivity index (χ4n) is 2.61. The first kappa shape index (κ1) is 19.7. The van der Waals surface area contributed by atoms with Gasteiger partial charge in [-0.05, 0) is 31.8 Å². The van der Waals surface area contributed by atoms with E-state index in [1.807, 2.05) is 6.92 Å². The third kappa shape index (κ3) is 4.35. The van der Waals surface area contributed by atoms with Crippen LogP contribution in [0.1, 0.15) is 30.1 Å². The number of nitrogens with zero attached hydrogens (tertiary/aromatic N) is 1. The molecule has 8 heteroatoms. The summed E-state index contributed by atoms with van der Waals surface area (Å²) in [6, 6.07) is 0.101. The van der Waals surface area contributed by atoms with Gasteiger partial charge in [0, 0.05) is 19.2 Å². The van der Waals surface area contributed by atoms with Crippen molar-refractivity contribution in [3.8, 4) is 0 Å². The van der Waals surface area contributed by atoms with E-state index >= 15 is 0 Å². The van der Waals surface area contributed by atoms with E-state index in [0.717, 1.165) is 13.1 Å². The molecule has 23 heavy (non-hydrogen) atoms. The Bertz CT molecular complexity index is 537. The number of hydrogen-bond acceptors (Lipinski definition) is 2. The quantitative estimate of drug-likeness (QED) is 0.665. The highest BCUT2D eigenvalue weighted by atomic mass is 35.5. The van der Waals surface area contributed by atoms with Gasteiger partial charge in [-0.25, -0.2) is 17.6 Å². The standard InChI is InChI=1S/C15H18F4N2O.ClH/c1-2-20-8-9-3-5-21(6-4-9)15(22)12-13(18)10(16)7-11(17)14(12)19;/h7,9,20H,2-6,8H2,1H3;1H. The molecule has 1 aliphatic rings. The maximum atomic E-state index is 13.7. The van der Waals surface area contributed by atoms with E-state index in [1.165, 1.54) is 4.90 Å². The van der Waals surface area contributed by atoms with Crippen LogP contribution in [0.15, 0.2) is 6.07 Å². The van der Waals surface area contributed by atoms with Crippen LogP contribution in [0.2, 0.25) is 0 Å². The Morgan fingerprint density at radius 1 is 1.17 bits per heavy atom. The minimum atomic E-state index is -1.64. The van der Waals surface area contributed by atoms with Gasteiger partial charge in [-0.3, -0.25) is 4.79 Å². The van der Waals surface area contributed by atoms with Gasteiger partial charge in [0.15, 0.2) is 23.3 Å². The van der Waals surface area contributed by atoms with Crippen molar-refractivity contribution in [3.05, 3.63) is 34.9 Å². The smallest absolute Gasteiger partial charge is 0.260 e. The topological polar surface area (TPSA) is 32.3 Å². The predicted molar refractivity (Wildman–Crippen MR) is 80.7 cm³/mol. The maximum absolute atomic E-state index is 13.7. The summed E-state index contributed by atoms with van der Waals surface area (Å²) in [4.78, 5) is 13.4. The molecular formula is C15H19ClF4N2O. The zero-order valence-electron chi connectivity index (χ0n) is 12.7. The molecule has 1 aliphatic heterocycles.